The molecule has 2 amide bonds. The van der Waals surface area contributed by atoms with Gasteiger partial charge in [0.25, 0.3) is 0 Å². The van der Waals surface area contributed by atoms with Crippen molar-refractivity contribution in [3.63, 3.8) is 0 Å². The number of halogens is 1. The van der Waals surface area contributed by atoms with Crippen molar-refractivity contribution in [2.45, 2.75) is 12.6 Å². The number of amides is 2. The summed E-state index contributed by atoms with van der Waals surface area (Å²) in [6.45, 7) is 0.271. The van der Waals surface area contributed by atoms with Gasteiger partial charge in [-0.3, -0.25) is 0 Å². The fraction of sp³-hybridized carbons (Fsp3) is 0.190. The Hall–Kier alpha value is -3.06. The van der Waals surface area contributed by atoms with Crippen molar-refractivity contribution in [1.29, 1.82) is 0 Å². The minimum Gasteiger partial charge on any atom is -0.493 e. The van der Waals surface area contributed by atoms with Crippen molar-refractivity contribution < 1.29 is 18.7 Å². The van der Waals surface area contributed by atoms with Crippen LogP contribution in [0.25, 0.3) is 0 Å². The van der Waals surface area contributed by atoms with Gasteiger partial charge in [-0.05, 0) is 35.2 Å². The van der Waals surface area contributed by atoms with Gasteiger partial charge in [0.1, 0.15) is 5.82 Å². The van der Waals surface area contributed by atoms with E-state index in [1.165, 1.54) is 23.5 Å². The van der Waals surface area contributed by atoms with Crippen LogP contribution in [0.5, 0.6) is 11.5 Å². The Morgan fingerprint density at radius 1 is 1.07 bits per heavy atom. The lowest BCUT2D eigenvalue weighted by Gasteiger charge is -2.19. The molecule has 3 aromatic rings. The van der Waals surface area contributed by atoms with E-state index in [0.29, 0.717) is 11.5 Å². The highest BCUT2D eigenvalue weighted by molar-refractivity contribution is 7.10. The molecule has 0 saturated carbocycles. The van der Waals surface area contributed by atoms with E-state index in [1.807, 2.05) is 29.6 Å². The average molecular weight is 400 g/mol. The molecule has 2 aromatic carbocycles. The lowest BCUT2D eigenvalue weighted by molar-refractivity contribution is 0.238. The van der Waals surface area contributed by atoms with Gasteiger partial charge in [0.05, 0.1) is 20.3 Å². The van der Waals surface area contributed by atoms with Crippen LogP contribution in [0.1, 0.15) is 22.0 Å². The summed E-state index contributed by atoms with van der Waals surface area (Å²) in [5.74, 6) is 0.867. The van der Waals surface area contributed by atoms with Gasteiger partial charge in [0.2, 0.25) is 0 Å². The molecule has 0 bridgehead atoms. The van der Waals surface area contributed by atoms with Gasteiger partial charge in [-0.2, -0.15) is 0 Å². The second-order valence-corrected chi connectivity index (χ2v) is 6.96. The molecule has 146 valence electrons. The molecule has 0 radical (unpaired) electrons. The summed E-state index contributed by atoms with van der Waals surface area (Å²) < 4.78 is 23.9. The summed E-state index contributed by atoms with van der Waals surface area (Å²) in [6, 6.07) is 14.7. The largest absolute Gasteiger partial charge is 0.493 e. The molecule has 2 N–H and O–H groups in total. The van der Waals surface area contributed by atoms with Gasteiger partial charge < -0.3 is 20.1 Å². The predicted octanol–water partition coefficient (Wildman–Crippen LogP) is 4.49. The van der Waals surface area contributed by atoms with Crippen molar-refractivity contribution in [3.8, 4) is 11.5 Å². The van der Waals surface area contributed by atoms with Gasteiger partial charge in [0, 0.05) is 17.0 Å². The predicted molar refractivity (Wildman–Crippen MR) is 107 cm³/mol. The number of urea groups is 1. The first-order valence-electron chi connectivity index (χ1n) is 8.65. The molecule has 7 heteroatoms. The maximum atomic E-state index is 13.3. The van der Waals surface area contributed by atoms with E-state index in [-0.39, 0.29) is 24.4 Å². The zero-order valence-corrected chi connectivity index (χ0v) is 16.4. The minimum atomic E-state index is -0.368. The summed E-state index contributed by atoms with van der Waals surface area (Å²) in [5.41, 5.74) is 1.60. The molecule has 0 aliphatic rings. The van der Waals surface area contributed by atoms with Crippen molar-refractivity contribution in [3.05, 3.63) is 81.8 Å². The van der Waals surface area contributed by atoms with Crippen LogP contribution in [0.3, 0.4) is 0 Å². The fourth-order valence-corrected chi connectivity index (χ4v) is 3.68. The van der Waals surface area contributed by atoms with E-state index in [2.05, 4.69) is 10.6 Å². The zero-order valence-electron chi connectivity index (χ0n) is 15.6. The standard InChI is InChI=1S/C21H21FN2O3S/c1-26-17-6-3-5-15(20(17)27-2)13-23-21(25)24-19(18-7-4-12-28-18)14-8-10-16(22)11-9-14/h3-12,19H,13H2,1-2H3,(H2,23,24,25). The van der Waals surface area contributed by atoms with Crippen LogP contribution in [0.2, 0.25) is 0 Å². The summed E-state index contributed by atoms with van der Waals surface area (Å²) in [7, 11) is 3.12. The third-order valence-corrected chi connectivity index (χ3v) is 5.17. The van der Waals surface area contributed by atoms with E-state index in [1.54, 1.807) is 32.4 Å². The topological polar surface area (TPSA) is 59.6 Å². The van der Waals surface area contributed by atoms with Crippen molar-refractivity contribution in [1.82, 2.24) is 10.6 Å². The first-order valence-corrected chi connectivity index (χ1v) is 9.53. The zero-order chi connectivity index (χ0) is 19.9. The Labute approximate surface area is 167 Å². The summed E-state index contributed by atoms with van der Waals surface area (Å²) in [5, 5.41) is 7.74. The first-order chi connectivity index (χ1) is 13.6. The highest BCUT2D eigenvalue weighted by Crippen LogP contribution is 2.30. The fourth-order valence-electron chi connectivity index (χ4n) is 2.88. The molecule has 28 heavy (non-hydrogen) atoms. The van der Waals surface area contributed by atoms with Crippen LogP contribution in [-0.2, 0) is 6.54 Å². The average Bonchev–Trinajstić information content (AvgIpc) is 3.25. The number of nitrogens with one attached hydrogen (secondary N) is 2. The number of hydrogen-bond acceptors (Lipinski definition) is 4. The van der Waals surface area contributed by atoms with Gasteiger partial charge in [-0.15, -0.1) is 11.3 Å². The summed E-state index contributed by atoms with van der Waals surface area (Å²) in [6.07, 6.45) is 0. The molecule has 3 rings (SSSR count). The third kappa shape index (κ3) is 4.61. The van der Waals surface area contributed by atoms with Crippen molar-refractivity contribution >= 4 is 17.4 Å². The van der Waals surface area contributed by atoms with E-state index < -0.39 is 0 Å². The van der Waals surface area contributed by atoms with Crippen LogP contribution in [0, 0.1) is 5.82 Å². The van der Waals surface area contributed by atoms with E-state index in [9.17, 15) is 9.18 Å². The number of methoxy groups -OCH3 is 2. The minimum absolute atomic E-state index is 0.271. The van der Waals surface area contributed by atoms with Crippen LogP contribution >= 0.6 is 11.3 Å². The summed E-state index contributed by atoms with van der Waals surface area (Å²) in [4.78, 5) is 13.5. The van der Waals surface area contributed by atoms with Gasteiger partial charge in [0.15, 0.2) is 11.5 Å². The van der Waals surface area contributed by atoms with Crippen LogP contribution in [-0.4, -0.2) is 20.3 Å². The maximum absolute atomic E-state index is 13.3. The highest BCUT2D eigenvalue weighted by atomic mass is 32.1. The van der Waals surface area contributed by atoms with E-state index >= 15 is 0 Å². The number of benzene rings is 2. The Balaban J connectivity index is 1.72. The quantitative estimate of drug-likeness (QED) is 0.614. The molecule has 1 heterocycles. The van der Waals surface area contributed by atoms with Crippen LogP contribution in [0.15, 0.2) is 60.0 Å². The smallest absolute Gasteiger partial charge is 0.315 e. The van der Waals surface area contributed by atoms with Gasteiger partial charge in [-0.1, -0.05) is 30.3 Å². The number of thiophene rings is 1. The van der Waals surface area contributed by atoms with E-state index in [0.717, 1.165) is 16.0 Å². The lowest BCUT2D eigenvalue weighted by Crippen LogP contribution is -2.37. The monoisotopic (exact) mass is 400 g/mol. The third-order valence-electron chi connectivity index (χ3n) is 4.23. The van der Waals surface area contributed by atoms with Crippen molar-refractivity contribution in [2.75, 3.05) is 14.2 Å². The molecule has 0 fully saturated rings. The van der Waals surface area contributed by atoms with Gasteiger partial charge in [-0.25, -0.2) is 9.18 Å². The summed E-state index contributed by atoms with van der Waals surface area (Å²) >= 11 is 1.52. The Bertz CT molecular complexity index is 914. The Morgan fingerprint density at radius 2 is 1.86 bits per heavy atom. The Morgan fingerprint density at radius 3 is 2.50 bits per heavy atom. The number of ether oxygens (including phenoxy) is 2. The van der Waals surface area contributed by atoms with Crippen LogP contribution in [0.4, 0.5) is 9.18 Å². The highest BCUT2D eigenvalue weighted by Gasteiger charge is 2.18. The lowest BCUT2D eigenvalue weighted by atomic mass is 10.1. The molecule has 0 saturated heterocycles. The van der Waals surface area contributed by atoms with E-state index in [4.69, 9.17) is 9.47 Å². The molecule has 0 aliphatic carbocycles. The molecule has 5 nitrogen and oxygen atoms in total. The Kier molecular flexibility index (Phi) is 6.49. The molecular weight excluding hydrogens is 379 g/mol. The second kappa shape index (κ2) is 9.23. The molecule has 0 spiro atoms. The number of rotatable bonds is 7. The molecular formula is C21H21FN2O3S. The number of hydrogen-bond donors (Lipinski definition) is 2. The molecule has 1 aromatic heterocycles. The molecule has 0 aliphatic heterocycles. The van der Waals surface area contributed by atoms with Crippen molar-refractivity contribution in [2.24, 2.45) is 0 Å². The maximum Gasteiger partial charge on any atom is 0.315 e. The second-order valence-electron chi connectivity index (χ2n) is 5.98. The molecule has 1 unspecified atom stereocenters. The number of para-hydroxylation sites is 1. The first kappa shape index (κ1) is 19.7. The molecule has 1 atom stereocenters. The van der Waals surface area contributed by atoms with Crippen LogP contribution < -0.4 is 20.1 Å². The SMILES string of the molecule is COc1cccc(CNC(=O)NC(c2ccc(F)cc2)c2cccs2)c1OC. The normalized spacial score (nSPS) is 11.5. The van der Waals surface area contributed by atoms with Gasteiger partial charge >= 0.3 is 6.03 Å². The number of carbonyl (C=O) groups is 1. The number of carbonyl (C=O) groups excluding carboxylic acids is 1.